The summed E-state index contributed by atoms with van der Waals surface area (Å²) in [6.07, 6.45) is -6.66. The van der Waals surface area contributed by atoms with Crippen molar-refractivity contribution in [1.82, 2.24) is 5.32 Å². The first-order valence-corrected chi connectivity index (χ1v) is 17.8. The molecule has 0 unspecified atom stereocenters. The summed E-state index contributed by atoms with van der Waals surface area (Å²) in [6.45, 7) is 0.395. The van der Waals surface area contributed by atoms with E-state index >= 15 is 0 Å². The van der Waals surface area contributed by atoms with Crippen LogP contribution >= 0.6 is 7.82 Å². The lowest BCUT2D eigenvalue weighted by molar-refractivity contribution is -0.249. The number of phenolic OH excluding ortho intramolecular Hbond substituents is 2. The molecule has 53 heavy (non-hydrogen) atoms. The van der Waals surface area contributed by atoms with Crippen LogP contribution in [0.4, 0.5) is 0 Å². The van der Waals surface area contributed by atoms with Crippen LogP contribution in [0.5, 0.6) is 23.0 Å². The van der Waals surface area contributed by atoms with E-state index in [0.29, 0.717) is 5.56 Å². The largest absolute Gasteiger partial charge is 0.524 e. The average molecular weight is 758 g/mol. The Hall–Kier alpha value is -4.71. The lowest BCUT2D eigenvalue weighted by Gasteiger charge is -2.43. The number of hydrogen-bond acceptors (Lipinski definition) is 14. The van der Waals surface area contributed by atoms with Crippen LogP contribution in [0.1, 0.15) is 74.4 Å². The number of rotatable bonds is 10. The summed E-state index contributed by atoms with van der Waals surface area (Å²) in [7, 11) is -3.49. The quantitative estimate of drug-likeness (QED) is 0.0823. The van der Waals surface area contributed by atoms with E-state index in [1.807, 2.05) is 0 Å². The van der Waals surface area contributed by atoms with Crippen molar-refractivity contribution < 1.29 is 77.8 Å². The highest BCUT2D eigenvalue weighted by atomic mass is 31.2. The molecule has 1 heterocycles. The normalized spacial score (nSPS) is 25.2. The van der Waals surface area contributed by atoms with Gasteiger partial charge in [-0.05, 0) is 30.7 Å². The zero-order chi connectivity index (χ0) is 38.6. The third kappa shape index (κ3) is 7.17. The molecule has 6 atom stereocenters. The molecule has 0 radical (unpaired) electrons. The minimum atomic E-state index is -4.78. The van der Waals surface area contributed by atoms with Crippen molar-refractivity contribution in [2.75, 3.05) is 13.7 Å². The predicted molar refractivity (Wildman–Crippen MR) is 179 cm³/mol. The molecule has 3 aromatic carbocycles. The molecule has 3 aliphatic rings. The van der Waals surface area contributed by atoms with Crippen molar-refractivity contribution >= 4 is 31.1 Å². The number of nitrogens with one attached hydrogen (secondary N) is 1. The van der Waals surface area contributed by atoms with Crippen LogP contribution in [-0.4, -0.2) is 102 Å². The minimum absolute atomic E-state index is 0.0426. The van der Waals surface area contributed by atoms with Gasteiger partial charge in [-0.3, -0.25) is 29.0 Å². The Bertz CT molecular complexity index is 2040. The molecule has 0 spiro atoms. The summed E-state index contributed by atoms with van der Waals surface area (Å²) < 4.78 is 32.9. The fourth-order valence-corrected chi connectivity index (χ4v) is 7.50. The Morgan fingerprint density at radius 1 is 1.02 bits per heavy atom. The smallest absolute Gasteiger partial charge is 0.507 e. The summed E-state index contributed by atoms with van der Waals surface area (Å²) in [5.74, 6) is -4.88. The van der Waals surface area contributed by atoms with Crippen LogP contribution in [0, 0.1) is 0 Å². The first kappa shape index (κ1) is 38.0. The predicted octanol–water partition coefficient (Wildman–Crippen LogP) is 0.873. The lowest BCUT2D eigenvalue weighted by Crippen LogP contribution is -2.56. The van der Waals surface area contributed by atoms with E-state index in [4.69, 9.17) is 24.0 Å². The van der Waals surface area contributed by atoms with Gasteiger partial charge >= 0.3 is 7.82 Å². The lowest BCUT2D eigenvalue weighted by atomic mass is 9.72. The zero-order valence-corrected chi connectivity index (χ0v) is 29.1. The summed E-state index contributed by atoms with van der Waals surface area (Å²) in [6, 6.07) is 8.65. The third-order valence-electron chi connectivity index (χ3n) is 9.62. The maximum absolute atomic E-state index is 13.9. The van der Waals surface area contributed by atoms with Crippen molar-refractivity contribution in [2.24, 2.45) is 0 Å². The molecule has 2 aliphatic carbocycles. The van der Waals surface area contributed by atoms with Crippen LogP contribution in [-0.2, 0) is 36.5 Å². The molecular weight excluding hydrogens is 721 g/mol. The highest BCUT2D eigenvalue weighted by Gasteiger charge is 2.50. The Balaban J connectivity index is 1.30. The van der Waals surface area contributed by atoms with Crippen LogP contribution in [0.3, 0.4) is 0 Å². The fraction of sp³-hybridized carbons (Fsp3) is 0.371. The second-order valence-corrected chi connectivity index (χ2v) is 14.2. The second-order valence-electron chi connectivity index (χ2n) is 13.1. The number of hydrogen-bond donors (Lipinski definition) is 8. The Labute approximate surface area is 300 Å². The number of phosphoric acid groups is 1. The summed E-state index contributed by atoms with van der Waals surface area (Å²) in [4.78, 5) is 71.5. The monoisotopic (exact) mass is 757 g/mol. The van der Waals surface area contributed by atoms with E-state index in [1.54, 1.807) is 0 Å². The maximum Gasteiger partial charge on any atom is 0.524 e. The summed E-state index contributed by atoms with van der Waals surface area (Å²) in [5.41, 5.74) is -3.77. The molecule has 282 valence electrons. The van der Waals surface area contributed by atoms with Gasteiger partial charge in [0.05, 0.1) is 48.5 Å². The molecule has 0 bridgehead atoms. The third-order valence-corrected chi connectivity index (χ3v) is 10.1. The number of methoxy groups -OCH3 is 1. The number of ketones is 3. The van der Waals surface area contributed by atoms with E-state index in [0.717, 1.165) is 0 Å². The van der Waals surface area contributed by atoms with Gasteiger partial charge in [0, 0.05) is 36.0 Å². The van der Waals surface area contributed by atoms with Gasteiger partial charge in [-0.25, -0.2) is 4.57 Å². The van der Waals surface area contributed by atoms with Crippen LogP contribution in [0.2, 0.25) is 0 Å². The first-order chi connectivity index (χ1) is 25.0. The number of benzene rings is 3. The number of aromatic hydroxyl groups is 2. The van der Waals surface area contributed by atoms with Crippen molar-refractivity contribution in [3.8, 4) is 23.0 Å². The van der Waals surface area contributed by atoms with Crippen LogP contribution < -0.4 is 14.6 Å². The number of ether oxygens (including phenoxy) is 3. The van der Waals surface area contributed by atoms with Gasteiger partial charge < -0.3 is 49.6 Å². The van der Waals surface area contributed by atoms with E-state index in [9.17, 15) is 49.3 Å². The average Bonchev–Trinajstić information content (AvgIpc) is 3.10. The van der Waals surface area contributed by atoms with Gasteiger partial charge in [0.2, 0.25) is 11.7 Å². The molecule has 1 saturated heterocycles. The van der Waals surface area contributed by atoms with Gasteiger partial charge in [0.15, 0.2) is 17.9 Å². The standard InChI is InChI=1S/C35H36NO16P/c1-15-30(40)20(36-24(39)10-16-6-8-17(9-7-16)52-53(46,47)48)11-25(50-15)51-22-13-35(45,23(38)14-37)12-19-27(22)34(44)29-28(32(19)42)31(41)18-4-3-5-21(49-2)26(18)33(29)43/h3-9,15,20,22,25,30,37,40,42,44-45H,10-14H2,1-2H3,(H,36,39)(H2,46,47,48)/t15-,20-,22-,25-,30+,35-/m0/s1. The molecule has 1 aliphatic heterocycles. The molecule has 17 nitrogen and oxygen atoms in total. The zero-order valence-electron chi connectivity index (χ0n) is 28.2. The van der Waals surface area contributed by atoms with Crippen molar-refractivity contribution in [2.45, 2.75) is 68.9 Å². The minimum Gasteiger partial charge on any atom is -0.507 e. The van der Waals surface area contributed by atoms with Crippen LogP contribution in [0.25, 0.3) is 0 Å². The number of fused-ring (bicyclic) bond motifs is 3. The Morgan fingerprint density at radius 3 is 2.34 bits per heavy atom. The van der Waals surface area contributed by atoms with Gasteiger partial charge in [0.1, 0.15) is 41.3 Å². The van der Waals surface area contributed by atoms with E-state index in [2.05, 4.69) is 9.84 Å². The number of carbonyl (C=O) groups is 4. The SMILES string of the molecule is COc1cccc2c1C(=O)c1c(O)c3c(c(O)c1C2=O)C[C@@](O)(C(=O)CO)C[C@@H]3O[C@H]1C[C@H](NC(=O)Cc2ccc(OP(=O)(O)O)cc2)[C@H](O)[C@H](C)O1. The molecule has 18 heteroatoms. The fourth-order valence-electron chi connectivity index (χ4n) is 7.11. The molecule has 1 amide bonds. The molecule has 3 aromatic rings. The van der Waals surface area contributed by atoms with Gasteiger partial charge in [-0.2, -0.15) is 0 Å². The molecule has 0 saturated carbocycles. The van der Waals surface area contributed by atoms with Gasteiger partial charge in [-0.1, -0.05) is 24.3 Å². The number of phosphoric ester groups is 1. The number of Topliss-reactive ketones (excluding diaryl/α,β-unsaturated/α-hetero) is 1. The van der Waals surface area contributed by atoms with E-state index in [1.165, 1.54) is 56.5 Å². The second kappa shape index (κ2) is 14.3. The number of carbonyl (C=O) groups excluding carboxylic acids is 4. The molecular formula is C35H36NO16P. The highest BCUT2D eigenvalue weighted by molar-refractivity contribution is 7.46. The number of aliphatic hydroxyl groups is 3. The van der Waals surface area contributed by atoms with E-state index in [-0.39, 0.29) is 46.6 Å². The summed E-state index contributed by atoms with van der Waals surface area (Å²) >= 11 is 0. The molecule has 8 N–H and O–H groups in total. The van der Waals surface area contributed by atoms with Gasteiger partial charge in [-0.15, -0.1) is 0 Å². The number of phenols is 2. The van der Waals surface area contributed by atoms with Gasteiger partial charge in [0.25, 0.3) is 0 Å². The Morgan fingerprint density at radius 2 is 1.70 bits per heavy atom. The van der Waals surface area contributed by atoms with E-state index < -0.39 is 109 Å². The maximum atomic E-state index is 13.9. The topological polar surface area (TPSA) is 276 Å². The molecule has 1 fully saturated rings. The number of aliphatic hydroxyl groups excluding tert-OH is 2. The van der Waals surface area contributed by atoms with Crippen LogP contribution in [0.15, 0.2) is 42.5 Å². The molecule has 0 aromatic heterocycles. The molecule has 6 rings (SSSR count). The van der Waals surface area contributed by atoms with Crippen molar-refractivity contribution in [1.29, 1.82) is 0 Å². The highest BCUT2D eigenvalue weighted by Crippen LogP contribution is 2.52. The first-order valence-electron chi connectivity index (χ1n) is 16.3. The van der Waals surface area contributed by atoms with Crippen molar-refractivity contribution in [3.05, 3.63) is 81.4 Å². The number of amides is 1. The Kier molecular flexibility index (Phi) is 10.2. The van der Waals surface area contributed by atoms with Crippen molar-refractivity contribution in [3.63, 3.8) is 0 Å². The summed E-state index contributed by atoms with van der Waals surface area (Å²) in [5, 5.41) is 58.1.